The third-order valence-electron chi connectivity index (χ3n) is 5.41. The molecule has 148 valence electrons. The Morgan fingerprint density at radius 1 is 1.10 bits per heavy atom. The van der Waals surface area contributed by atoms with Crippen molar-refractivity contribution in [3.8, 4) is 0 Å². The Bertz CT molecular complexity index is 973. The van der Waals surface area contributed by atoms with Crippen LogP contribution in [0.1, 0.15) is 46.1 Å². The van der Waals surface area contributed by atoms with Crippen LogP contribution in [0.3, 0.4) is 0 Å². The molecule has 1 aromatic heterocycles. The molecule has 1 aliphatic rings. The minimum absolute atomic E-state index is 0.150. The fourth-order valence-corrected chi connectivity index (χ4v) is 3.95. The molecule has 0 saturated carbocycles. The molecule has 1 amide bonds. The lowest BCUT2D eigenvalue weighted by Gasteiger charge is -2.32. The van der Waals surface area contributed by atoms with Crippen LogP contribution in [0, 0.1) is 0 Å². The largest absolute Gasteiger partial charge is 0.298 e. The van der Waals surface area contributed by atoms with Crippen molar-refractivity contribution in [3.05, 3.63) is 95.3 Å². The van der Waals surface area contributed by atoms with Crippen molar-refractivity contribution in [1.82, 2.24) is 15.3 Å². The number of hydrazine groups is 1. The van der Waals surface area contributed by atoms with Gasteiger partial charge in [0.1, 0.15) is 0 Å². The molecule has 29 heavy (non-hydrogen) atoms. The summed E-state index contributed by atoms with van der Waals surface area (Å²) in [5.74, 6) is -0.150. The first-order valence-electron chi connectivity index (χ1n) is 10.0. The second-order valence-electron chi connectivity index (χ2n) is 7.52. The van der Waals surface area contributed by atoms with Crippen LogP contribution in [0.25, 0.3) is 0 Å². The number of hydrogen-bond acceptors (Lipinski definition) is 4. The van der Waals surface area contributed by atoms with Crippen molar-refractivity contribution < 1.29 is 4.79 Å². The molecular weight excluding hydrogens is 360 g/mol. The number of aromatic nitrogens is 1. The van der Waals surface area contributed by atoms with E-state index in [-0.39, 0.29) is 5.91 Å². The van der Waals surface area contributed by atoms with Gasteiger partial charge in [-0.15, -0.1) is 0 Å². The standard InChI is InChI=1S/C24H26N4O/c1-28(22-14-6-9-19-11-7-15-25-23(19)22)17-18-8-5-10-20(16-18)24(29)27-26-21-12-3-2-4-13-21/h2-5,7-8,10-13,15-16,22,26H,6,9,14,17H2,1H3,(H,27,29). The van der Waals surface area contributed by atoms with Gasteiger partial charge in [-0.05, 0) is 67.8 Å². The molecule has 0 aliphatic heterocycles. The van der Waals surface area contributed by atoms with E-state index >= 15 is 0 Å². The normalized spacial score (nSPS) is 15.6. The van der Waals surface area contributed by atoms with Gasteiger partial charge in [-0.1, -0.05) is 36.4 Å². The number of fused-ring (bicyclic) bond motifs is 1. The molecule has 1 heterocycles. The molecule has 2 N–H and O–H groups in total. The van der Waals surface area contributed by atoms with Gasteiger partial charge in [0.15, 0.2) is 0 Å². The van der Waals surface area contributed by atoms with E-state index < -0.39 is 0 Å². The van der Waals surface area contributed by atoms with Crippen molar-refractivity contribution in [2.75, 3.05) is 12.5 Å². The van der Waals surface area contributed by atoms with Crippen LogP contribution in [0.15, 0.2) is 72.9 Å². The lowest BCUT2D eigenvalue weighted by molar-refractivity contribution is 0.0962. The van der Waals surface area contributed by atoms with Gasteiger partial charge in [0.25, 0.3) is 5.91 Å². The first kappa shape index (κ1) is 19.2. The summed E-state index contributed by atoms with van der Waals surface area (Å²) >= 11 is 0. The van der Waals surface area contributed by atoms with Crippen molar-refractivity contribution in [1.29, 1.82) is 0 Å². The molecule has 5 nitrogen and oxygen atoms in total. The van der Waals surface area contributed by atoms with Crippen molar-refractivity contribution in [2.24, 2.45) is 0 Å². The third-order valence-corrected chi connectivity index (χ3v) is 5.41. The highest BCUT2D eigenvalue weighted by atomic mass is 16.2. The predicted molar refractivity (Wildman–Crippen MR) is 115 cm³/mol. The van der Waals surface area contributed by atoms with E-state index in [1.807, 2.05) is 60.8 Å². The Kier molecular flexibility index (Phi) is 5.86. The number of carbonyl (C=O) groups is 1. The van der Waals surface area contributed by atoms with Crippen LogP contribution in [-0.4, -0.2) is 22.8 Å². The minimum atomic E-state index is -0.150. The topological polar surface area (TPSA) is 57.3 Å². The highest BCUT2D eigenvalue weighted by Gasteiger charge is 2.24. The van der Waals surface area contributed by atoms with Gasteiger partial charge < -0.3 is 0 Å². The molecule has 3 aromatic rings. The molecule has 5 heteroatoms. The summed E-state index contributed by atoms with van der Waals surface area (Å²) in [6, 6.07) is 21.9. The van der Waals surface area contributed by atoms with Crippen LogP contribution in [0.4, 0.5) is 5.69 Å². The summed E-state index contributed by atoms with van der Waals surface area (Å²) in [5, 5.41) is 0. The van der Waals surface area contributed by atoms with E-state index in [0.29, 0.717) is 11.6 Å². The summed E-state index contributed by atoms with van der Waals surface area (Å²) in [5.41, 5.74) is 10.9. The average molecular weight is 386 g/mol. The zero-order valence-electron chi connectivity index (χ0n) is 16.6. The van der Waals surface area contributed by atoms with E-state index in [0.717, 1.165) is 30.6 Å². The second-order valence-corrected chi connectivity index (χ2v) is 7.52. The lowest BCUT2D eigenvalue weighted by Crippen LogP contribution is -2.30. The van der Waals surface area contributed by atoms with Crippen LogP contribution in [-0.2, 0) is 13.0 Å². The molecular formula is C24H26N4O. The van der Waals surface area contributed by atoms with Crippen LogP contribution in [0.2, 0.25) is 0 Å². The average Bonchev–Trinajstić information content (AvgIpc) is 2.78. The zero-order valence-corrected chi connectivity index (χ0v) is 16.6. The molecule has 1 aliphatic carbocycles. The second kappa shape index (κ2) is 8.88. The fraction of sp³-hybridized carbons (Fsp3) is 0.250. The number of aryl methyl sites for hydroxylation is 1. The highest BCUT2D eigenvalue weighted by Crippen LogP contribution is 2.32. The van der Waals surface area contributed by atoms with E-state index in [1.54, 1.807) is 0 Å². The van der Waals surface area contributed by atoms with Crippen molar-refractivity contribution in [2.45, 2.75) is 31.8 Å². The molecule has 0 fully saturated rings. The monoisotopic (exact) mass is 386 g/mol. The number of benzene rings is 2. The number of para-hydroxylation sites is 1. The molecule has 0 saturated heterocycles. The molecule has 0 spiro atoms. The molecule has 0 bridgehead atoms. The first-order chi connectivity index (χ1) is 14.2. The number of nitrogens with zero attached hydrogens (tertiary/aromatic N) is 2. The van der Waals surface area contributed by atoms with Gasteiger partial charge in [-0.3, -0.25) is 25.5 Å². The van der Waals surface area contributed by atoms with Crippen molar-refractivity contribution >= 4 is 11.6 Å². The van der Waals surface area contributed by atoms with Gasteiger partial charge in [-0.2, -0.15) is 0 Å². The summed E-state index contributed by atoms with van der Waals surface area (Å²) < 4.78 is 0. The highest BCUT2D eigenvalue weighted by molar-refractivity contribution is 5.95. The zero-order chi connectivity index (χ0) is 20.1. The molecule has 1 atom stereocenters. The van der Waals surface area contributed by atoms with Gasteiger partial charge in [-0.25, -0.2) is 0 Å². The number of rotatable bonds is 6. The van der Waals surface area contributed by atoms with Crippen LogP contribution in [0.5, 0.6) is 0 Å². The summed E-state index contributed by atoms with van der Waals surface area (Å²) in [7, 11) is 2.14. The maximum atomic E-state index is 12.5. The maximum absolute atomic E-state index is 12.5. The van der Waals surface area contributed by atoms with Gasteiger partial charge in [0.05, 0.1) is 17.4 Å². The Balaban J connectivity index is 1.42. The quantitative estimate of drug-likeness (QED) is 0.619. The molecule has 1 unspecified atom stereocenters. The van der Waals surface area contributed by atoms with E-state index in [1.165, 1.54) is 17.7 Å². The molecule has 2 aromatic carbocycles. The lowest BCUT2D eigenvalue weighted by atomic mass is 9.91. The number of amides is 1. The Hall–Kier alpha value is -3.18. The summed E-state index contributed by atoms with van der Waals surface area (Å²) in [4.78, 5) is 19.5. The smallest absolute Gasteiger partial charge is 0.269 e. The van der Waals surface area contributed by atoms with Gasteiger partial charge in [0, 0.05) is 18.3 Å². The number of hydrogen-bond donors (Lipinski definition) is 2. The number of carbonyl (C=O) groups excluding carboxylic acids is 1. The first-order valence-corrected chi connectivity index (χ1v) is 10.0. The summed E-state index contributed by atoms with van der Waals surface area (Å²) in [6.45, 7) is 0.772. The minimum Gasteiger partial charge on any atom is -0.298 e. The molecule has 4 rings (SSSR count). The number of anilines is 1. The van der Waals surface area contributed by atoms with E-state index in [9.17, 15) is 4.79 Å². The van der Waals surface area contributed by atoms with Crippen LogP contribution >= 0.6 is 0 Å². The summed E-state index contributed by atoms with van der Waals surface area (Å²) in [6.07, 6.45) is 5.29. The van der Waals surface area contributed by atoms with Crippen LogP contribution < -0.4 is 10.9 Å². The predicted octanol–water partition coefficient (Wildman–Crippen LogP) is 4.35. The Labute approximate surface area is 171 Å². The Morgan fingerprint density at radius 2 is 1.97 bits per heavy atom. The SMILES string of the molecule is CN(Cc1cccc(C(=O)NNc2ccccc2)c1)C1CCCc2cccnc21. The van der Waals surface area contributed by atoms with E-state index in [2.05, 4.69) is 39.9 Å². The van der Waals surface area contributed by atoms with Gasteiger partial charge >= 0.3 is 0 Å². The fourth-order valence-electron chi connectivity index (χ4n) is 3.95. The Morgan fingerprint density at radius 3 is 2.83 bits per heavy atom. The van der Waals surface area contributed by atoms with Crippen molar-refractivity contribution in [3.63, 3.8) is 0 Å². The number of pyridine rings is 1. The number of nitrogens with one attached hydrogen (secondary N) is 2. The van der Waals surface area contributed by atoms with Gasteiger partial charge in [0.2, 0.25) is 0 Å². The van der Waals surface area contributed by atoms with E-state index in [4.69, 9.17) is 0 Å². The maximum Gasteiger partial charge on any atom is 0.269 e. The molecule has 0 radical (unpaired) electrons. The third kappa shape index (κ3) is 4.63.